The monoisotopic (exact) mass is 614 g/mol. The van der Waals surface area contributed by atoms with Crippen LogP contribution in [0.3, 0.4) is 0 Å². The lowest BCUT2D eigenvalue weighted by atomic mass is 9.90. The van der Waals surface area contributed by atoms with E-state index in [-0.39, 0.29) is 41.8 Å². The summed E-state index contributed by atoms with van der Waals surface area (Å²) in [6.07, 6.45) is -2.33. The standard InChI is InChI=1S/C28H34ClF3N4O4S/c1-3-40-19-6-4-5-18(17-19)27(39,28(30,31)32)26(38)36-15-11-21(12-16-36)41-20-9-13-35(14-10-20)23-8-7-22(24(29)34-23)25(37)33-2/h4-8,17,20-21,39H,3,9-16H2,1-2H3,(H,33,37)/t27-/m1/s1. The zero-order valence-corrected chi connectivity index (χ0v) is 24.5. The predicted molar refractivity (Wildman–Crippen MR) is 153 cm³/mol. The number of hydrogen-bond acceptors (Lipinski definition) is 7. The largest absolute Gasteiger partial charge is 0.494 e. The van der Waals surface area contributed by atoms with Gasteiger partial charge in [-0.3, -0.25) is 9.59 Å². The van der Waals surface area contributed by atoms with Gasteiger partial charge in [0.25, 0.3) is 17.4 Å². The van der Waals surface area contributed by atoms with Crippen molar-refractivity contribution in [1.29, 1.82) is 0 Å². The van der Waals surface area contributed by atoms with E-state index in [1.165, 1.54) is 19.2 Å². The van der Waals surface area contributed by atoms with Gasteiger partial charge in [-0.1, -0.05) is 23.7 Å². The highest BCUT2D eigenvalue weighted by Crippen LogP contribution is 2.42. The fourth-order valence-corrected chi connectivity index (χ4v) is 6.95. The minimum atomic E-state index is -5.20. The van der Waals surface area contributed by atoms with Crippen molar-refractivity contribution in [1.82, 2.24) is 15.2 Å². The molecule has 8 nitrogen and oxygen atoms in total. The van der Waals surface area contributed by atoms with E-state index in [2.05, 4.69) is 15.2 Å². The summed E-state index contributed by atoms with van der Waals surface area (Å²) >= 11 is 8.02. The summed E-state index contributed by atoms with van der Waals surface area (Å²) in [5.41, 5.74) is -3.88. The molecule has 2 saturated heterocycles. The molecule has 2 aliphatic heterocycles. The summed E-state index contributed by atoms with van der Waals surface area (Å²) in [5.74, 6) is -0.789. The van der Waals surface area contributed by atoms with Crippen molar-refractivity contribution in [3.05, 3.63) is 52.7 Å². The number of hydrogen-bond donors (Lipinski definition) is 2. The van der Waals surface area contributed by atoms with Gasteiger partial charge in [-0.15, -0.1) is 0 Å². The normalized spacial score (nSPS) is 18.6. The number of aromatic nitrogens is 1. The van der Waals surface area contributed by atoms with Crippen LogP contribution < -0.4 is 15.0 Å². The quantitative estimate of drug-likeness (QED) is 0.419. The SMILES string of the molecule is CCOc1cccc([C@@](O)(C(=O)N2CCC(SC3CCN(c4ccc(C(=O)NC)c(Cl)n4)CC3)CC2)C(F)(F)F)c1. The van der Waals surface area contributed by atoms with Crippen LogP contribution in [0, 0.1) is 0 Å². The van der Waals surface area contributed by atoms with Gasteiger partial charge in [0.2, 0.25) is 0 Å². The highest BCUT2D eigenvalue weighted by Gasteiger charge is 2.62. The van der Waals surface area contributed by atoms with Gasteiger partial charge in [0.1, 0.15) is 16.7 Å². The van der Waals surface area contributed by atoms with Crippen molar-refractivity contribution in [2.75, 3.05) is 44.7 Å². The third-order valence-corrected chi connectivity index (χ3v) is 9.47. The van der Waals surface area contributed by atoms with Crippen molar-refractivity contribution in [3.8, 4) is 5.75 Å². The number of piperidine rings is 2. The molecular weight excluding hydrogens is 581 g/mol. The van der Waals surface area contributed by atoms with Gasteiger partial charge in [0, 0.05) is 49.3 Å². The molecule has 0 unspecified atom stereocenters. The van der Waals surface area contributed by atoms with E-state index in [1.807, 2.05) is 11.8 Å². The first-order valence-corrected chi connectivity index (χ1v) is 14.9. The molecule has 0 spiro atoms. The van der Waals surface area contributed by atoms with Crippen molar-refractivity contribution in [2.24, 2.45) is 0 Å². The van der Waals surface area contributed by atoms with Gasteiger partial charge in [-0.05, 0) is 56.9 Å². The first-order chi connectivity index (χ1) is 19.5. The van der Waals surface area contributed by atoms with Crippen LogP contribution in [0.4, 0.5) is 19.0 Å². The second-order valence-corrected chi connectivity index (χ2v) is 12.0. The summed E-state index contributed by atoms with van der Waals surface area (Å²) in [7, 11) is 1.53. The first kappa shape index (κ1) is 31.2. The molecule has 0 aliphatic carbocycles. The lowest BCUT2D eigenvalue weighted by Crippen LogP contribution is -2.57. The molecule has 13 heteroatoms. The zero-order chi connectivity index (χ0) is 29.8. The van der Waals surface area contributed by atoms with Crippen LogP contribution in [0.1, 0.15) is 48.5 Å². The summed E-state index contributed by atoms with van der Waals surface area (Å²) < 4.78 is 47.8. The number of thioether (sulfide) groups is 1. The predicted octanol–water partition coefficient (Wildman–Crippen LogP) is 4.64. The number of likely N-dealkylation sites (tertiary alicyclic amines) is 1. The number of pyridine rings is 1. The number of amides is 2. The molecule has 2 N–H and O–H groups in total. The Morgan fingerprint density at radius 3 is 2.29 bits per heavy atom. The molecule has 0 bridgehead atoms. The van der Waals surface area contributed by atoms with E-state index >= 15 is 0 Å². The Kier molecular flexibility index (Phi) is 9.97. The molecule has 2 aromatic rings. The van der Waals surface area contributed by atoms with Crippen LogP contribution in [0.15, 0.2) is 36.4 Å². The van der Waals surface area contributed by atoms with Gasteiger partial charge in [-0.2, -0.15) is 24.9 Å². The number of rotatable bonds is 8. The Bertz CT molecular complexity index is 1240. The van der Waals surface area contributed by atoms with Gasteiger partial charge in [-0.25, -0.2) is 4.98 Å². The summed E-state index contributed by atoms with van der Waals surface area (Å²) in [6, 6.07) is 8.44. The van der Waals surface area contributed by atoms with Crippen LogP contribution in [0.25, 0.3) is 0 Å². The fourth-order valence-electron chi connectivity index (χ4n) is 5.21. The van der Waals surface area contributed by atoms with E-state index in [1.54, 1.807) is 19.1 Å². The Morgan fingerprint density at radius 2 is 1.73 bits per heavy atom. The number of anilines is 1. The Morgan fingerprint density at radius 1 is 1.10 bits per heavy atom. The molecule has 0 radical (unpaired) electrons. The average Bonchev–Trinajstić information content (AvgIpc) is 2.96. The number of nitrogens with one attached hydrogen (secondary N) is 1. The van der Waals surface area contributed by atoms with Crippen LogP contribution >= 0.6 is 23.4 Å². The number of ether oxygens (including phenoxy) is 1. The molecule has 0 saturated carbocycles. The molecule has 1 aromatic carbocycles. The smallest absolute Gasteiger partial charge is 0.430 e. The topological polar surface area (TPSA) is 95.0 Å². The van der Waals surface area contributed by atoms with Crippen molar-refractivity contribution >= 4 is 41.0 Å². The molecular formula is C28H34ClF3N4O4S. The lowest BCUT2D eigenvalue weighted by molar-refractivity contribution is -0.262. The Hall–Kier alpha value is -2.70. The van der Waals surface area contributed by atoms with Crippen LogP contribution in [-0.2, 0) is 10.4 Å². The number of halogens is 4. The fraction of sp³-hybridized carbons (Fsp3) is 0.536. The van der Waals surface area contributed by atoms with E-state index in [0.717, 1.165) is 43.0 Å². The van der Waals surface area contributed by atoms with E-state index < -0.39 is 23.2 Å². The van der Waals surface area contributed by atoms with Gasteiger partial charge in [0.05, 0.1) is 12.2 Å². The molecule has 224 valence electrons. The summed E-state index contributed by atoms with van der Waals surface area (Å²) in [6.45, 7) is 3.73. The molecule has 1 aromatic heterocycles. The molecule has 2 aliphatic rings. The highest BCUT2D eigenvalue weighted by molar-refractivity contribution is 8.00. The minimum absolute atomic E-state index is 0.138. The maximum atomic E-state index is 14.2. The molecule has 4 rings (SSSR count). The van der Waals surface area contributed by atoms with E-state index in [0.29, 0.717) is 29.5 Å². The lowest BCUT2D eigenvalue weighted by Gasteiger charge is -2.40. The Labute approximate surface area is 246 Å². The van der Waals surface area contributed by atoms with Crippen LogP contribution in [0.5, 0.6) is 5.75 Å². The van der Waals surface area contributed by atoms with Crippen molar-refractivity contribution in [3.63, 3.8) is 0 Å². The minimum Gasteiger partial charge on any atom is -0.494 e. The van der Waals surface area contributed by atoms with Gasteiger partial charge < -0.3 is 25.0 Å². The van der Waals surface area contributed by atoms with E-state index in [9.17, 15) is 27.9 Å². The maximum Gasteiger partial charge on any atom is 0.430 e. The highest BCUT2D eigenvalue weighted by atomic mass is 35.5. The second-order valence-electron chi connectivity index (χ2n) is 10.1. The van der Waals surface area contributed by atoms with Crippen LogP contribution in [-0.4, -0.2) is 83.3 Å². The first-order valence-electron chi connectivity index (χ1n) is 13.6. The summed E-state index contributed by atoms with van der Waals surface area (Å²) in [5, 5.41) is 14.1. The molecule has 1 atom stereocenters. The van der Waals surface area contributed by atoms with Gasteiger partial charge in [0.15, 0.2) is 0 Å². The average molecular weight is 615 g/mol. The van der Waals surface area contributed by atoms with Crippen LogP contribution in [0.2, 0.25) is 5.15 Å². The second kappa shape index (κ2) is 13.1. The number of alkyl halides is 3. The number of benzene rings is 1. The number of carbonyl (C=O) groups is 2. The van der Waals surface area contributed by atoms with Crippen molar-refractivity contribution in [2.45, 2.75) is 54.9 Å². The Balaban J connectivity index is 1.32. The van der Waals surface area contributed by atoms with Crippen molar-refractivity contribution < 1.29 is 32.6 Å². The third kappa shape index (κ3) is 6.86. The third-order valence-electron chi connectivity index (χ3n) is 7.47. The van der Waals surface area contributed by atoms with Gasteiger partial charge >= 0.3 is 6.18 Å². The molecule has 41 heavy (non-hydrogen) atoms. The molecule has 2 amide bonds. The zero-order valence-electron chi connectivity index (χ0n) is 22.9. The number of nitrogens with zero attached hydrogens (tertiary/aromatic N) is 3. The number of carbonyl (C=O) groups excluding carboxylic acids is 2. The molecule has 2 fully saturated rings. The molecule has 3 heterocycles. The summed E-state index contributed by atoms with van der Waals surface area (Å²) in [4.78, 5) is 32.7. The maximum absolute atomic E-state index is 14.2. The van der Waals surface area contributed by atoms with E-state index in [4.69, 9.17) is 16.3 Å². The number of aliphatic hydroxyl groups is 1.